The van der Waals surface area contributed by atoms with Crippen LogP contribution in [0.2, 0.25) is 0 Å². The van der Waals surface area contributed by atoms with Crippen LogP contribution >= 0.6 is 11.8 Å². The van der Waals surface area contributed by atoms with Crippen molar-refractivity contribution in [3.63, 3.8) is 0 Å². The first-order valence-corrected chi connectivity index (χ1v) is 13.7. The Labute approximate surface area is 200 Å². The fourth-order valence-corrected chi connectivity index (χ4v) is 4.67. The molecule has 0 saturated carbocycles. The van der Waals surface area contributed by atoms with Crippen molar-refractivity contribution in [2.45, 2.75) is 84.2 Å². The summed E-state index contributed by atoms with van der Waals surface area (Å²) in [6, 6.07) is 16.2. The Bertz CT molecular complexity index is 723. The van der Waals surface area contributed by atoms with Gasteiger partial charge in [-0.2, -0.15) is 11.8 Å². The quantitative estimate of drug-likeness (QED) is 0.222. The fraction of sp³-hybridized carbons (Fsp3) is 0.571. The zero-order valence-electron chi connectivity index (χ0n) is 20.2. The number of benzene rings is 2. The van der Waals surface area contributed by atoms with Crippen LogP contribution in [0.4, 0.5) is 11.4 Å². The lowest BCUT2D eigenvalue weighted by Crippen LogP contribution is -2.20. The molecule has 1 unspecified atom stereocenters. The van der Waals surface area contributed by atoms with Crippen molar-refractivity contribution in [2.75, 3.05) is 23.4 Å². The van der Waals surface area contributed by atoms with Crippen LogP contribution in [-0.2, 0) is 0 Å². The van der Waals surface area contributed by atoms with Crippen molar-refractivity contribution in [1.82, 2.24) is 0 Å². The molecule has 0 aromatic heterocycles. The number of para-hydroxylation sites is 1. The number of ether oxygens (including phenoxy) is 1. The standard InChI is InChI=1S/C28H43NO2S/c1-3-4-5-6-7-8-9-10-11-15-20-32-23-27(30)22-31-28-19-18-26(21-24(28)2)29-25-16-13-12-14-17-25/h12-14,16-19,21,27,29-30H,3-11,15,20,22-23H2,1-2H3. The third-order valence-electron chi connectivity index (χ3n) is 5.62. The maximum Gasteiger partial charge on any atom is 0.122 e. The van der Waals surface area contributed by atoms with Gasteiger partial charge in [-0.25, -0.2) is 0 Å². The number of thioether (sulfide) groups is 1. The van der Waals surface area contributed by atoms with Crippen LogP contribution in [0.1, 0.15) is 76.7 Å². The Hall–Kier alpha value is -1.65. The van der Waals surface area contributed by atoms with Gasteiger partial charge in [-0.05, 0) is 55.0 Å². The second-order valence-corrected chi connectivity index (χ2v) is 9.84. The van der Waals surface area contributed by atoms with Crippen molar-refractivity contribution in [1.29, 1.82) is 0 Å². The largest absolute Gasteiger partial charge is 0.491 e. The number of aliphatic hydroxyl groups is 1. The van der Waals surface area contributed by atoms with E-state index in [0.717, 1.165) is 34.2 Å². The molecule has 178 valence electrons. The van der Waals surface area contributed by atoms with E-state index in [1.54, 1.807) is 0 Å². The molecular formula is C28H43NO2S. The smallest absolute Gasteiger partial charge is 0.122 e. The molecule has 2 rings (SSSR count). The maximum absolute atomic E-state index is 10.3. The molecule has 2 aromatic carbocycles. The van der Waals surface area contributed by atoms with Crippen LogP contribution in [0.3, 0.4) is 0 Å². The molecule has 0 aliphatic rings. The predicted molar refractivity (Wildman–Crippen MR) is 142 cm³/mol. The molecule has 0 aliphatic heterocycles. The van der Waals surface area contributed by atoms with Crippen molar-refractivity contribution < 1.29 is 9.84 Å². The van der Waals surface area contributed by atoms with E-state index in [1.165, 1.54) is 64.2 Å². The lowest BCUT2D eigenvalue weighted by atomic mass is 10.1. The van der Waals surface area contributed by atoms with Gasteiger partial charge in [0, 0.05) is 17.1 Å². The van der Waals surface area contributed by atoms with E-state index in [9.17, 15) is 5.11 Å². The first-order chi connectivity index (χ1) is 15.7. The molecule has 1 atom stereocenters. The molecule has 2 N–H and O–H groups in total. The second-order valence-electron chi connectivity index (χ2n) is 8.69. The summed E-state index contributed by atoms with van der Waals surface area (Å²) in [6.07, 6.45) is 13.2. The summed E-state index contributed by atoms with van der Waals surface area (Å²) in [5.41, 5.74) is 3.17. The number of aryl methyl sites for hydroxylation is 1. The molecule has 0 radical (unpaired) electrons. The molecule has 0 bridgehead atoms. The van der Waals surface area contributed by atoms with Crippen molar-refractivity contribution in [2.24, 2.45) is 0 Å². The fourth-order valence-electron chi connectivity index (χ4n) is 3.72. The van der Waals surface area contributed by atoms with Gasteiger partial charge < -0.3 is 15.2 Å². The van der Waals surface area contributed by atoms with Gasteiger partial charge in [0.05, 0.1) is 6.10 Å². The van der Waals surface area contributed by atoms with Crippen molar-refractivity contribution in [3.05, 3.63) is 54.1 Å². The molecule has 0 aliphatic carbocycles. The lowest BCUT2D eigenvalue weighted by Gasteiger charge is -2.15. The Morgan fingerprint density at radius 2 is 1.50 bits per heavy atom. The van der Waals surface area contributed by atoms with Crippen LogP contribution in [0.15, 0.2) is 48.5 Å². The molecule has 4 heteroatoms. The van der Waals surface area contributed by atoms with Crippen LogP contribution in [0.25, 0.3) is 0 Å². The third-order valence-corrected chi connectivity index (χ3v) is 6.82. The average Bonchev–Trinajstić information content (AvgIpc) is 2.80. The Morgan fingerprint density at radius 3 is 2.16 bits per heavy atom. The monoisotopic (exact) mass is 457 g/mol. The number of anilines is 2. The third kappa shape index (κ3) is 11.8. The molecule has 0 heterocycles. The highest BCUT2D eigenvalue weighted by atomic mass is 32.2. The van der Waals surface area contributed by atoms with Crippen LogP contribution in [0, 0.1) is 6.92 Å². The number of unbranched alkanes of at least 4 members (excludes halogenated alkanes) is 9. The number of aliphatic hydroxyl groups excluding tert-OH is 1. The van der Waals surface area contributed by atoms with Gasteiger partial charge >= 0.3 is 0 Å². The van der Waals surface area contributed by atoms with Gasteiger partial charge in [0.25, 0.3) is 0 Å². The van der Waals surface area contributed by atoms with Crippen molar-refractivity contribution in [3.8, 4) is 5.75 Å². The molecule has 0 spiro atoms. The van der Waals surface area contributed by atoms with Crippen LogP contribution < -0.4 is 10.1 Å². The highest BCUT2D eigenvalue weighted by Gasteiger charge is 2.08. The first-order valence-electron chi connectivity index (χ1n) is 12.5. The predicted octanol–water partition coefficient (Wildman–Crippen LogP) is 8.13. The first kappa shape index (κ1) is 26.6. The summed E-state index contributed by atoms with van der Waals surface area (Å²) in [6.45, 7) is 4.66. The van der Waals surface area contributed by atoms with E-state index in [1.807, 2.05) is 61.2 Å². The molecule has 2 aromatic rings. The molecule has 0 saturated heterocycles. The van der Waals surface area contributed by atoms with Crippen LogP contribution in [0.5, 0.6) is 5.75 Å². The van der Waals surface area contributed by atoms with Gasteiger partial charge in [-0.3, -0.25) is 0 Å². The topological polar surface area (TPSA) is 41.5 Å². The van der Waals surface area contributed by atoms with Gasteiger partial charge in [-0.1, -0.05) is 82.9 Å². The summed E-state index contributed by atoms with van der Waals surface area (Å²) >= 11 is 1.84. The lowest BCUT2D eigenvalue weighted by molar-refractivity contribution is 0.126. The Morgan fingerprint density at radius 1 is 0.844 bits per heavy atom. The van der Waals surface area contributed by atoms with E-state index < -0.39 is 6.10 Å². The van der Waals surface area contributed by atoms with Gasteiger partial charge in [0.1, 0.15) is 12.4 Å². The van der Waals surface area contributed by atoms with E-state index >= 15 is 0 Å². The van der Waals surface area contributed by atoms with E-state index in [-0.39, 0.29) is 0 Å². The zero-order valence-corrected chi connectivity index (χ0v) is 21.0. The average molecular weight is 458 g/mol. The minimum absolute atomic E-state index is 0.345. The normalized spacial score (nSPS) is 12.0. The number of hydrogen-bond donors (Lipinski definition) is 2. The van der Waals surface area contributed by atoms with Gasteiger partial charge in [0.15, 0.2) is 0 Å². The minimum Gasteiger partial charge on any atom is -0.491 e. The molecule has 3 nitrogen and oxygen atoms in total. The summed E-state index contributed by atoms with van der Waals surface area (Å²) < 4.78 is 5.87. The number of nitrogens with one attached hydrogen (secondary N) is 1. The Kier molecular flexibility index (Phi) is 14.1. The highest BCUT2D eigenvalue weighted by molar-refractivity contribution is 7.99. The Balaban J connectivity index is 1.50. The zero-order chi connectivity index (χ0) is 22.9. The summed E-state index contributed by atoms with van der Waals surface area (Å²) in [7, 11) is 0. The minimum atomic E-state index is -0.426. The summed E-state index contributed by atoms with van der Waals surface area (Å²) in [5.74, 6) is 2.71. The molecular weight excluding hydrogens is 414 g/mol. The number of rotatable bonds is 18. The van der Waals surface area contributed by atoms with E-state index in [2.05, 4.69) is 18.3 Å². The van der Waals surface area contributed by atoms with Gasteiger partial charge in [0.2, 0.25) is 0 Å². The second kappa shape index (κ2) is 16.9. The van der Waals surface area contributed by atoms with E-state index in [4.69, 9.17) is 4.74 Å². The summed E-state index contributed by atoms with van der Waals surface area (Å²) in [5, 5.41) is 13.6. The molecule has 0 amide bonds. The van der Waals surface area contributed by atoms with E-state index in [0.29, 0.717) is 6.61 Å². The van der Waals surface area contributed by atoms with Gasteiger partial charge in [-0.15, -0.1) is 0 Å². The van der Waals surface area contributed by atoms with Crippen LogP contribution in [-0.4, -0.2) is 29.3 Å². The highest BCUT2D eigenvalue weighted by Crippen LogP contribution is 2.24. The van der Waals surface area contributed by atoms with Crippen molar-refractivity contribution >= 4 is 23.1 Å². The molecule has 0 fully saturated rings. The summed E-state index contributed by atoms with van der Waals surface area (Å²) in [4.78, 5) is 0. The molecule has 32 heavy (non-hydrogen) atoms. The SMILES string of the molecule is CCCCCCCCCCCCSCC(O)COc1ccc(Nc2ccccc2)cc1C. The number of hydrogen-bond acceptors (Lipinski definition) is 4. The maximum atomic E-state index is 10.3.